The summed E-state index contributed by atoms with van der Waals surface area (Å²) in [5, 5.41) is 0. The van der Waals surface area contributed by atoms with E-state index in [1.165, 1.54) is 10.5 Å². The zero-order valence-corrected chi connectivity index (χ0v) is 8.94. The summed E-state index contributed by atoms with van der Waals surface area (Å²) < 4.78 is 2.33. The van der Waals surface area contributed by atoms with E-state index >= 15 is 0 Å². The molecule has 1 nitrogen and oxygen atoms in total. The lowest BCUT2D eigenvalue weighted by atomic mass is 10.1. The van der Waals surface area contributed by atoms with Gasteiger partial charge in [-0.25, -0.2) is 4.31 Å². The Balaban J connectivity index is 2.11. The Labute approximate surface area is 88.2 Å². The van der Waals surface area contributed by atoms with Crippen molar-refractivity contribution in [1.82, 2.24) is 4.31 Å². The molecule has 0 fully saturated rings. The van der Waals surface area contributed by atoms with Crippen LogP contribution in [0.25, 0.3) is 0 Å². The van der Waals surface area contributed by atoms with E-state index in [1.54, 1.807) is 0 Å². The Hall–Kier alpha value is -0.180. The summed E-state index contributed by atoms with van der Waals surface area (Å²) in [6.07, 6.45) is 1.15. The number of alkyl halides is 1. The minimum atomic E-state index is 0.717. The van der Waals surface area contributed by atoms with E-state index in [4.69, 9.17) is 11.6 Å². The predicted molar refractivity (Wildman–Crippen MR) is 58.3 cm³/mol. The fourth-order valence-electron chi connectivity index (χ4n) is 1.48. The number of fused-ring (bicyclic) bond motifs is 1. The molecule has 0 N–H and O–H groups in total. The quantitative estimate of drug-likeness (QED) is 0.549. The lowest BCUT2D eigenvalue weighted by molar-refractivity contribution is 0.490. The molecular weight excluding hydrogens is 202 g/mol. The summed E-state index contributed by atoms with van der Waals surface area (Å²) in [6, 6.07) is 8.59. The van der Waals surface area contributed by atoms with Crippen molar-refractivity contribution in [3.05, 3.63) is 29.8 Å². The van der Waals surface area contributed by atoms with Gasteiger partial charge >= 0.3 is 0 Å². The van der Waals surface area contributed by atoms with Gasteiger partial charge in [0.15, 0.2) is 0 Å². The molecule has 0 aliphatic carbocycles. The molecule has 1 aromatic carbocycles. The van der Waals surface area contributed by atoms with Crippen molar-refractivity contribution in [3.8, 4) is 0 Å². The highest BCUT2D eigenvalue weighted by Crippen LogP contribution is 2.30. The maximum atomic E-state index is 5.71. The van der Waals surface area contributed by atoms with Crippen LogP contribution < -0.4 is 0 Å². The third-order valence-corrected chi connectivity index (χ3v) is 3.55. The lowest BCUT2D eigenvalue weighted by Crippen LogP contribution is -2.24. The summed E-state index contributed by atoms with van der Waals surface area (Å²) in [5.74, 6) is 0.717. The molecule has 0 spiro atoms. The summed E-state index contributed by atoms with van der Waals surface area (Å²) in [5.41, 5.74) is 1.47. The van der Waals surface area contributed by atoms with E-state index in [1.807, 2.05) is 11.9 Å². The zero-order valence-electron chi connectivity index (χ0n) is 7.37. The first-order chi connectivity index (χ1) is 6.40. The summed E-state index contributed by atoms with van der Waals surface area (Å²) >= 11 is 7.54. The van der Waals surface area contributed by atoms with E-state index in [0.717, 1.165) is 25.4 Å². The van der Waals surface area contributed by atoms with Crippen molar-refractivity contribution in [2.75, 3.05) is 19.0 Å². The van der Waals surface area contributed by atoms with E-state index < -0.39 is 0 Å². The van der Waals surface area contributed by atoms with Crippen molar-refractivity contribution in [2.45, 2.75) is 11.3 Å². The van der Waals surface area contributed by atoms with Crippen molar-refractivity contribution in [1.29, 1.82) is 0 Å². The van der Waals surface area contributed by atoms with Crippen LogP contribution in [-0.2, 0) is 6.42 Å². The molecule has 0 atom stereocenters. The maximum absolute atomic E-state index is 5.71. The molecule has 13 heavy (non-hydrogen) atoms. The van der Waals surface area contributed by atoms with E-state index in [0.29, 0.717) is 0 Å². The first-order valence-electron chi connectivity index (χ1n) is 4.47. The standard InChI is InChI=1S/C10H12ClNS/c11-6-8-12-7-5-9-3-1-2-4-10(9)13-12/h1-4H,5-8H2. The molecule has 0 amide bonds. The Bertz CT molecular complexity index is 290. The molecule has 0 bridgehead atoms. The second-order valence-electron chi connectivity index (χ2n) is 3.07. The van der Waals surface area contributed by atoms with Gasteiger partial charge in [0, 0.05) is 23.9 Å². The lowest BCUT2D eigenvalue weighted by Gasteiger charge is -2.26. The summed E-state index contributed by atoms with van der Waals surface area (Å²) in [4.78, 5) is 1.39. The average molecular weight is 214 g/mol. The number of nitrogens with zero attached hydrogens (tertiary/aromatic N) is 1. The molecule has 1 heterocycles. The highest BCUT2D eigenvalue weighted by molar-refractivity contribution is 7.97. The fraction of sp³-hybridized carbons (Fsp3) is 0.400. The van der Waals surface area contributed by atoms with Crippen molar-refractivity contribution < 1.29 is 0 Å². The monoisotopic (exact) mass is 213 g/mol. The number of benzene rings is 1. The molecule has 0 unspecified atom stereocenters. The highest BCUT2D eigenvalue weighted by Gasteiger charge is 2.15. The fourth-order valence-corrected chi connectivity index (χ4v) is 2.86. The number of halogens is 1. The number of hydrogen-bond acceptors (Lipinski definition) is 2. The Morgan fingerprint density at radius 3 is 3.08 bits per heavy atom. The van der Waals surface area contributed by atoms with Crippen LogP contribution in [0.1, 0.15) is 5.56 Å². The molecule has 0 aromatic heterocycles. The second-order valence-corrected chi connectivity index (χ2v) is 4.58. The number of hydrogen-bond donors (Lipinski definition) is 0. The van der Waals surface area contributed by atoms with Crippen LogP contribution in [0, 0.1) is 0 Å². The van der Waals surface area contributed by atoms with Gasteiger partial charge in [0.25, 0.3) is 0 Å². The van der Waals surface area contributed by atoms with Gasteiger partial charge in [0.2, 0.25) is 0 Å². The topological polar surface area (TPSA) is 3.24 Å². The Kier molecular flexibility index (Phi) is 3.14. The molecule has 0 saturated heterocycles. The van der Waals surface area contributed by atoms with Crippen LogP contribution >= 0.6 is 23.5 Å². The zero-order chi connectivity index (χ0) is 9.10. The minimum Gasteiger partial charge on any atom is -0.245 e. The Morgan fingerprint density at radius 1 is 1.38 bits per heavy atom. The van der Waals surface area contributed by atoms with Crippen LogP contribution in [0.5, 0.6) is 0 Å². The van der Waals surface area contributed by atoms with E-state index in [-0.39, 0.29) is 0 Å². The van der Waals surface area contributed by atoms with Gasteiger partial charge in [-0.05, 0) is 30.0 Å². The smallest absolute Gasteiger partial charge is 0.0360 e. The van der Waals surface area contributed by atoms with Crippen LogP contribution in [0.2, 0.25) is 0 Å². The normalized spacial score (nSPS) is 17.0. The molecule has 2 rings (SSSR count). The van der Waals surface area contributed by atoms with Crippen molar-refractivity contribution in [2.24, 2.45) is 0 Å². The van der Waals surface area contributed by atoms with Gasteiger partial charge in [-0.1, -0.05) is 18.2 Å². The van der Waals surface area contributed by atoms with Crippen molar-refractivity contribution in [3.63, 3.8) is 0 Å². The van der Waals surface area contributed by atoms with Gasteiger partial charge in [-0.15, -0.1) is 11.6 Å². The van der Waals surface area contributed by atoms with Crippen LogP contribution in [-0.4, -0.2) is 23.3 Å². The highest BCUT2D eigenvalue weighted by atomic mass is 35.5. The van der Waals surface area contributed by atoms with Gasteiger partial charge in [0.05, 0.1) is 0 Å². The van der Waals surface area contributed by atoms with E-state index in [9.17, 15) is 0 Å². The molecular formula is C10H12ClNS. The SMILES string of the molecule is ClCCN1CCc2ccccc2S1. The van der Waals surface area contributed by atoms with Gasteiger partial charge < -0.3 is 0 Å². The first-order valence-corrected chi connectivity index (χ1v) is 5.78. The molecule has 70 valence electrons. The first kappa shape index (κ1) is 9.38. The minimum absolute atomic E-state index is 0.717. The third kappa shape index (κ3) is 2.19. The van der Waals surface area contributed by atoms with Crippen LogP contribution in [0.15, 0.2) is 29.2 Å². The predicted octanol–water partition coefficient (Wildman–Crippen LogP) is 2.79. The van der Waals surface area contributed by atoms with Crippen LogP contribution in [0.3, 0.4) is 0 Å². The summed E-state index contributed by atoms with van der Waals surface area (Å²) in [7, 11) is 0. The molecule has 1 aromatic rings. The molecule has 1 aliphatic rings. The molecule has 0 radical (unpaired) electrons. The second kappa shape index (κ2) is 4.36. The largest absolute Gasteiger partial charge is 0.245 e. The number of rotatable bonds is 2. The maximum Gasteiger partial charge on any atom is 0.0360 e. The third-order valence-electron chi connectivity index (χ3n) is 2.16. The van der Waals surface area contributed by atoms with Crippen LogP contribution in [0.4, 0.5) is 0 Å². The molecule has 1 aliphatic heterocycles. The molecule has 3 heteroatoms. The Morgan fingerprint density at radius 2 is 2.23 bits per heavy atom. The van der Waals surface area contributed by atoms with E-state index in [2.05, 4.69) is 28.6 Å². The van der Waals surface area contributed by atoms with Gasteiger partial charge in [0.1, 0.15) is 0 Å². The molecule has 0 saturated carbocycles. The summed E-state index contributed by atoms with van der Waals surface area (Å²) in [6.45, 7) is 2.09. The van der Waals surface area contributed by atoms with Gasteiger partial charge in [-0.3, -0.25) is 0 Å². The average Bonchev–Trinajstić information content (AvgIpc) is 2.18. The van der Waals surface area contributed by atoms with Gasteiger partial charge in [-0.2, -0.15) is 0 Å². The van der Waals surface area contributed by atoms with Crippen molar-refractivity contribution >= 4 is 23.5 Å².